The van der Waals surface area contributed by atoms with Crippen molar-refractivity contribution in [3.8, 4) is 5.75 Å². The molecule has 0 atom stereocenters. The van der Waals surface area contributed by atoms with Crippen molar-refractivity contribution < 1.29 is 19.1 Å². The van der Waals surface area contributed by atoms with E-state index in [0.717, 1.165) is 16.2 Å². The average molecular weight is 371 g/mol. The van der Waals surface area contributed by atoms with Crippen LogP contribution in [0.1, 0.15) is 5.56 Å². The zero-order valence-corrected chi connectivity index (χ0v) is 15.3. The number of amides is 1. The summed E-state index contributed by atoms with van der Waals surface area (Å²) in [4.78, 5) is 24.4. The van der Waals surface area contributed by atoms with Crippen molar-refractivity contribution in [1.82, 2.24) is 5.32 Å². The lowest BCUT2D eigenvalue weighted by molar-refractivity contribution is -0.143. The Morgan fingerprint density at radius 1 is 1.08 bits per heavy atom. The summed E-state index contributed by atoms with van der Waals surface area (Å²) in [6.07, 6.45) is 4.96. The third kappa shape index (κ3) is 7.44. The molecule has 0 saturated carbocycles. The van der Waals surface area contributed by atoms with Crippen LogP contribution >= 0.6 is 11.8 Å². The summed E-state index contributed by atoms with van der Waals surface area (Å²) in [5.41, 5.74) is 0.891. The maximum absolute atomic E-state index is 11.6. The van der Waals surface area contributed by atoms with E-state index in [0.29, 0.717) is 13.2 Å². The summed E-state index contributed by atoms with van der Waals surface area (Å²) < 4.78 is 10.4. The van der Waals surface area contributed by atoms with E-state index in [9.17, 15) is 9.59 Å². The first kappa shape index (κ1) is 19.6. The van der Waals surface area contributed by atoms with Crippen molar-refractivity contribution in [2.45, 2.75) is 4.90 Å². The fourth-order valence-electron chi connectivity index (χ4n) is 1.99. The molecule has 0 radical (unpaired) electrons. The van der Waals surface area contributed by atoms with Gasteiger partial charge in [-0.25, -0.2) is 4.79 Å². The molecule has 0 saturated heterocycles. The Kier molecular flexibility index (Phi) is 8.29. The first-order valence-corrected chi connectivity index (χ1v) is 9.33. The number of para-hydroxylation sites is 1. The normalized spacial score (nSPS) is 10.5. The quantitative estimate of drug-likeness (QED) is 0.317. The third-order valence-corrected chi connectivity index (χ3v) is 4.05. The van der Waals surface area contributed by atoms with Crippen LogP contribution in [0.25, 0.3) is 6.08 Å². The second-order valence-electron chi connectivity index (χ2n) is 5.23. The average Bonchev–Trinajstić information content (AvgIpc) is 2.69. The molecule has 0 heterocycles. The molecule has 2 aromatic carbocycles. The maximum atomic E-state index is 11.6. The molecule has 0 aromatic heterocycles. The molecular formula is C20H21NO4S. The van der Waals surface area contributed by atoms with E-state index in [1.165, 1.54) is 6.08 Å². The number of rotatable bonds is 9. The highest BCUT2D eigenvalue weighted by molar-refractivity contribution is 7.98. The van der Waals surface area contributed by atoms with Gasteiger partial charge in [0.05, 0.1) is 6.54 Å². The van der Waals surface area contributed by atoms with Gasteiger partial charge in [0.25, 0.3) is 5.91 Å². The van der Waals surface area contributed by atoms with Crippen LogP contribution < -0.4 is 10.1 Å². The molecule has 0 aliphatic carbocycles. The van der Waals surface area contributed by atoms with Crippen molar-refractivity contribution in [1.29, 1.82) is 0 Å². The second-order valence-corrected chi connectivity index (χ2v) is 6.11. The second kappa shape index (κ2) is 11.0. The summed E-state index contributed by atoms with van der Waals surface area (Å²) >= 11 is 1.65. The molecule has 6 heteroatoms. The van der Waals surface area contributed by atoms with E-state index in [-0.39, 0.29) is 12.5 Å². The molecule has 0 unspecified atom stereocenters. The number of carbonyl (C=O) groups is 2. The van der Waals surface area contributed by atoms with Crippen molar-refractivity contribution in [3.05, 3.63) is 66.2 Å². The monoisotopic (exact) mass is 371 g/mol. The maximum Gasteiger partial charge on any atom is 0.331 e. The van der Waals surface area contributed by atoms with Crippen LogP contribution in [0.2, 0.25) is 0 Å². The highest BCUT2D eigenvalue weighted by atomic mass is 32.2. The van der Waals surface area contributed by atoms with E-state index < -0.39 is 5.97 Å². The predicted octanol–water partition coefficient (Wildman–Crippen LogP) is 3.16. The number of esters is 1. The fraction of sp³-hybridized carbons (Fsp3) is 0.200. The standard InChI is InChI=1S/C20H21NO4S/c1-26-18-10-7-16(8-11-18)9-12-20(23)25-15-19(22)21-13-14-24-17-5-3-2-4-6-17/h2-12H,13-15H2,1H3,(H,21,22)/b12-9+. The molecule has 5 nitrogen and oxygen atoms in total. The molecule has 1 amide bonds. The largest absolute Gasteiger partial charge is 0.492 e. The first-order chi connectivity index (χ1) is 12.7. The van der Waals surface area contributed by atoms with Crippen LogP contribution in [0.4, 0.5) is 0 Å². The van der Waals surface area contributed by atoms with Gasteiger partial charge in [0.2, 0.25) is 0 Å². The smallest absolute Gasteiger partial charge is 0.331 e. The minimum atomic E-state index is -0.561. The first-order valence-electron chi connectivity index (χ1n) is 8.11. The number of hydrogen-bond donors (Lipinski definition) is 1. The number of benzene rings is 2. The summed E-state index contributed by atoms with van der Waals surface area (Å²) in [6.45, 7) is 0.360. The molecule has 2 aromatic rings. The SMILES string of the molecule is CSc1ccc(/C=C/C(=O)OCC(=O)NCCOc2ccccc2)cc1. The zero-order chi connectivity index (χ0) is 18.6. The van der Waals surface area contributed by atoms with Gasteiger partial charge >= 0.3 is 5.97 Å². The van der Waals surface area contributed by atoms with E-state index in [1.807, 2.05) is 60.9 Å². The van der Waals surface area contributed by atoms with Crippen LogP contribution in [-0.2, 0) is 14.3 Å². The molecule has 136 valence electrons. The van der Waals surface area contributed by atoms with Gasteiger partial charge in [0, 0.05) is 11.0 Å². The van der Waals surface area contributed by atoms with Crippen LogP contribution in [0.3, 0.4) is 0 Å². The summed E-state index contributed by atoms with van der Waals surface area (Å²) in [5, 5.41) is 2.63. The Labute approximate surface area is 157 Å². The summed E-state index contributed by atoms with van der Waals surface area (Å²) in [5.74, 6) is -0.189. The van der Waals surface area contributed by atoms with E-state index in [4.69, 9.17) is 9.47 Å². The van der Waals surface area contributed by atoms with Crippen LogP contribution in [-0.4, -0.2) is 37.9 Å². The number of thioether (sulfide) groups is 1. The predicted molar refractivity (Wildman–Crippen MR) is 103 cm³/mol. The van der Waals surface area contributed by atoms with Gasteiger partial charge in [-0.2, -0.15) is 0 Å². The summed E-state index contributed by atoms with van der Waals surface area (Å²) in [6, 6.07) is 17.1. The molecule has 0 bridgehead atoms. The summed E-state index contributed by atoms with van der Waals surface area (Å²) in [7, 11) is 0. The number of hydrogen-bond acceptors (Lipinski definition) is 5. The van der Waals surface area contributed by atoms with Crippen LogP contribution in [0.5, 0.6) is 5.75 Å². The van der Waals surface area contributed by atoms with Crippen molar-refractivity contribution >= 4 is 29.7 Å². The Morgan fingerprint density at radius 3 is 2.50 bits per heavy atom. The zero-order valence-electron chi connectivity index (χ0n) is 14.5. The Bertz CT molecular complexity index is 729. The van der Waals surface area contributed by atoms with Gasteiger partial charge in [-0.05, 0) is 42.2 Å². The van der Waals surface area contributed by atoms with Crippen molar-refractivity contribution in [3.63, 3.8) is 0 Å². The molecule has 1 N–H and O–H groups in total. The lowest BCUT2D eigenvalue weighted by Crippen LogP contribution is -2.31. The molecule has 26 heavy (non-hydrogen) atoms. The van der Waals surface area contributed by atoms with Gasteiger partial charge < -0.3 is 14.8 Å². The lowest BCUT2D eigenvalue weighted by atomic mass is 10.2. The third-order valence-electron chi connectivity index (χ3n) is 3.31. The van der Waals surface area contributed by atoms with E-state index in [2.05, 4.69) is 5.32 Å². The highest BCUT2D eigenvalue weighted by Gasteiger charge is 2.04. The van der Waals surface area contributed by atoms with Crippen LogP contribution in [0, 0.1) is 0 Å². The van der Waals surface area contributed by atoms with Gasteiger partial charge in [-0.15, -0.1) is 11.8 Å². The Hall–Kier alpha value is -2.73. The van der Waals surface area contributed by atoms with E-state index >= 15 is 0 Å². The molecule has 0 spiro atoms. The Balaban J connectivity index is 1.61. The van der Waals surface area contributed by atoms with E-state index in [1.54, 1.807) is 17.8 Å². The minimum absolute atomic E-state index is 0.320. The van der Waals surface area contributed by atoms with Crippen molar-refractivity contribution in [2.24, 2.45) is 0 Å². The van der Waals surface area contributed by atoms with Gasteiger partial charge in [0.15, 0.2) is 6.61 Å². The van der Waals surface area contributed by atoms with Gasteiger partial charge in [-0.1, -0.05) is 30.3 Å². The highest BCUT2D eigenvalue weighted by Crippen LogP contribution is 2.15. The minimum Gasteiger partial charge on any atom is -0.492 e. The molecule has 2 rings (SSSR count). The van der Waals surface area contributed by atoms with Gasteiger partial charge in [-0.3, -0.25) is 4.79 Å². The molecular weight excluding hydrogens is 350 g/mol. The fourth-order valence-corrected chi connectivity index (χ4v) is 2.40. The molecule has 0 fully saturated rings. The van der Waals surface area contributed by atoms with Crippen LogP contribution in [0.15, 0.2) is 65.6 Å². The van der Waals surface area contributed by atoms with Gasteiger partial charge in [0.1, 0.15) is 12.4 Å². The number of ether oxygens (including phenoxy) is 2. The van der Waals surface area contributed by atoms with Crippen molar-refractivity contribution in [2.75, 3.05) is 26.0 Å². The Morgan fingerprint density at radius 2 is 1.81 bits per heavy atom. The molecule has 0 aliphatic rings. The number of nitrogens with one attached hydrogen (secondary N) is 1. The number of carbonyl (C=O) groups excluding carboxylic acids is 2. The topological polar surface area (TPSA) is 64.6 Å². The lowest BCUT2D eigenvalue weighted by Gasteiger charge is -2.07. The molecule has 0 aliphatic heterocycles.